The van der Waals surface area contributed by atoms with Crippen LogP contribution >= 0.6 is 0 Å². The number of hydrogen-bond donors (Lipinski definition) is 1. The Morgan fingerprint density at radius 1 is 1.20 bits per heavy atom. The van der Waals surface area contributed by atoms with Gasteiger partial charge in [-0.1, -0.05) is 13.0 Å². The molecule has 3 nitrogen and oxygen atoms in total. The van der Waals surface area contributed by atoms with E-state index in [1.807, 2.05) is 0 Å². The molecule has 1 atom stereocenters. The number of rotatable bonds is 5. The summed E-state index contributed by atoms with van der Waals surface area (Å²) in [4.78, 5) is 0. The van der Waals surface area contributed by atoms with Gasteiger partial charge in [0.05, 0.1) is 10.8 Å². The third-order valence-electron chi connectivity index (χ3n) is 3.44. The van der Waals surface area contributed by atoms with E-state index >= 15 is 0 Å². The molecule has 0 aromatic heterocycles. The fraction of sp³-hybridized carbons (Fsp3) is 0.538. The normalized spacial score (nSPS) is 14.3. The summed E-state index contributed by atoms with van der Waals surface area (Å²) in [6, 6.07) is 0.863. The summed E-state index contributed by atoms with van der Waals surface area (Å²) in [5, 5.41) is 2.82. The van der Waals surface area contributed by atoms with Gasteiger partial charge in [-0.3, -0.25) is 0 Å². The van der Waals surface area contributed by atoms with Crippen LogP contribution in [0.4, 0.5) is 13.2 Å². The number of hydrogen-bond acceptors (Lipinski definition) is 3. The Kier molecular flexibility index (Phi) is 4.86. The first-order valence-electron chi connectivity index (χ1n) is 6.10. The molecular weight excluding hydrogens is 291 g/mol. The van der Waals surface area contributed by atoms with Crippen molar-refractivity contribution in [2.75, 3.05) is 12.8 Å². The molecule has 0 fully saturated rings. The first kappa shape index (κ1) is 17.0. The quantitative estimate of drug-likeness (QED) is 0.850. The maximum Gasteiger partial charge on any atom is 0.194 e. The molecule has 0 bridgehead atoms. The highest BCUT2D eigenvalue weighted by Gasteiger charge is 2.41. The van der Waals surface area contributed by atoms with Gasteiger partial charge in [-0.15, -0.1) is 0 Å². The molecule has 0 amide bonds. The maximum absolute atomic E-state index is 13.9. The van der Waals surface area contributed by atoms with Crippen LogP contribution < -0.4 is 5.32 Å². The highest BCUT2D eigenvalue weighted by atomic mass is 32.2. The van der Waals surface area contributed by atoms with Crippen LogP contribution in [0.15, 0.2) is 12.1 Å². The van der Waals surface area contributed by atoms with Gasteiger partial charge < -0.3 is 5.32 Å². The van der Waals surface area contributed by atoms with E-state index in [4.69, 9.17) is 0 Å². The molecule has 0 saturated heterocycles. The lowest BCUT2D eigenvalue weighted by Gasteiger charge is -2.33. The van der Waals surface area contributed by atoms with Crippen LogP contribution in [0.1, 0.15) is 32.4 Å². The predicted octanol–water partition coefficient (Wildman–Crippen LogP) is 2.58. The number of halogens is 3. The van der Waals surface area contributed by atoms with E-state index in [1.54, 1.807) is 6.92 Å². The average molecular weight is 309 g/mol. The van der Waals surface area contributed by atoms with Crippen molar-refractivity contribution in [2.45, 2.75) is 31.6 Å². The van der Waals surface area contributed by atoms with Gasteiger partial charge in [-0.05, 0) is 26.5 Å². The second-order valence-corrected chi connectivity index (χ2v) is 7.73. The summed E-state index contributed by atoms with van der Waals surface area (Å²) in [5.74, 6) is -4.28. The molecule has 0 aliphatic carbocycles. The van der Waals surface area contributed by atoms with Crippen LogP contribution in [0.25, 0.3) is 0 Å². The first-order valence-corrected chi connectivity index (χ1v) is 7.99. The van der Waals surface area contributed by atoms with Gasteiger partial charge in [0.1, 0.15) is 0 Å². The van der Waals surface area contributed by atoms with Crippen molar-refractivity contribution in [1.82, 2.24) is 5.32 Å². The number of sulfone groups is 1. The lowest BCUT2D eigenvalue weighted by atomic mass is 9.94. The van der Waals surface area contributed by atoms with Gasteiger partial charge in [0.2, 0.25) is 0 Å². The van der Waals surface area contributed by atoms with Crippen LogP contribution in [0, 0.1) is 17.5 Å². The highest BCUT2D eigenvalue weighted by molar-refractivity contribution is 7.92. The third-order valence-corrected chi connectivity index (χ3v) is 5.58. The lowest BCUT2D eigenvalue weighted by molar-refractivity contribution is 0.390. The molecule has 1 rings (SSSR count). The molecule has 0 saturated carbocycles. The fourth-order valence-electron chi connectivity index (χ4n) is 1.91. The van der Waals surface area contributed by atoms with Crippen molar-refractivity contribution in [2.24, 2.45) is 0 Å². The molecule has 1 aromatic carbocycles. The molecule has 0 aliphatic rings. The summed E-state index contributed by atoms with van der Waals surface area (Å²) >= 11 is 0. The van der Waals surface area contributed by atoms with Crippen molar-refractivity contribution < 1.29 is 21.6 Å². The van der Waals surface area contributed by atoms with Crippen molar-refractivity contribution in [3.05, 3.63) is 35.1 Å². The smallest absolute Gasteiger partial charge is 0.194 e. The van der Waals surface area contributed by atoms with Crippen molar-refractivity contribution in [1.29, 1.82) is 0 Å². The molecule has 1 N–H and O–H groups in total. The largest absolute Gasteiger partial charge is 0.309 e. The Morgan fingerprint density at radius 3 is 2.20 bits per heavy atom. The Morgan fingerprint density at radius 2 is 1.75 bits per heavy atom. The number of nitrogens with one attached hydrogen (secondary N) is 1. The SMILES string of the molecule is CCNC(c1ccc(F)c(F)c1F)C(C)(C)S(C)(=O)=O. The van der Waals surface area contributed by atoms with Gasteiger partial charge >= 0.3 is 0 Å². The summed E-state index contributed by atoms with van der Waals surface area (Å²) in [7, 11) is -3.56. The minimum atomic E-state index is -3.56. The third kappa shape index (κ3) is 2.98. The highest BCUT2D eigenvalue weighted by Crippen LogP contribution is 2.34. The van der Waals surface area contributed by atoms with Crippen LogP contribution in [0.3, 0.4) is 0 Å². The lowest BCUT2D eigenvalue weighted by Crippen LogP contribution is -2.45. The van der Waals surface area contributed by atoms with Gasteiger partial charge in [-0.2, -0.15) is 0 Å². The fourth-order valence-corrected chi connectivity index (χ4v) is 2.55. The van der Waals surface area contributed by atoms with E-state index in [1.165, 1.54) is 13.8 Å². The summed E-state index contributed by atoms with van der Waals surface area (Å²) in [5.41, 5.74) is -0.207. The minimum Gasteiger partial charge on any atom is -0.309 e. The van der Waals surface area contributed by atoms with Gasteiger partial charge in [0.15, 0.2) is 27.3 Å². The van der Waals surface area contributed by atoms with Crippen LogP contribution in [0.5, 0.6) is 0 Å². The Labute approximate surface area is 117 Å². The van der Waals surface area contributed by atoms with Gasteiger partial charge in [0, 0.05) is 11.8 Å². The molecule has 1 unspecified atom stereocenters. The van der Waals surface area contributed by atoms with E-state index in [2.05, 4.69) is 5.32 Å². The summed E-state index contributed by atoms with van der Waals surface area (Å²) < 4.78 is 62.6. The maximum atomic E-state index is 13.9. The monoisotopic (exact) mass is 309 g/mol. The number of benzene rings is 1. The zero-order valence-corrected chi connectivity index (χ0v) is 12.6. The van der Waals surface area contributed by atoms with E-state index in [-0.39, 0.29) is 5.56 Å². The zero-order valence-electron chi connectivity index (χ0n) is 11.8. The topological polar surface area (TPSA) is 46.2 Å². The van der Waals surface area contributed by atoms with Crippen molar-refractivity contribution >= 4 is 9.84 Å². The molecule has 0 heterocycles. The molecular formula is C13H18F3NO2S. The Hall–Kier alpha value is -1.08. The van der Waals surface area contributed by atoms with E-state index in [0.717, 1.165) is 18.4 Å². The Balaban J connectivity index is 3.47. The molecule has 0 aliphatic heterocycles. The molecule has 0 spiro atoms. The van der Waals surface area contributed by atoms with Crippen molar-refractivity contribution in [3.63, 3.8) is 0 Å². The van der Waals surface area contributed by atoms with Crippen LogP contribution in [-0.4, -0.2) is 26.0 Å². The van der Waals surface area contributed by atoms with E-state index < -0.39 is 38.1 Å². The summed E-state index contributed by atoms with van der Waals surface area (Å²) in [6.07, 6.45) is 1.02. The van der Waals surface area contributed by atoms with Crippen molar-refractivity contribution in [3.8, 4) is 0 Å². The van der Waals surface area contributed by atoms with E-state index in [0.29, 0.717) is 6.54 Å². The molecule has 114 valence electrons. The van der Waals surface area contributed by atoms with Crippen LogP contribution in [-0.2, 0) is 9.84 Å². The molecule has 0 radical (unpaired) electrons. The minimum absolute atomic E-state index is 0.207. The second kappa shape index (κ2) is 5.73. The molecule has 7 heteroatoms. The second-order valence-electron chi connectivity index (χ2n) is 5.13. The first-order chi connectivity index (χ1) is 9.04. The average Bonchev–Trinajstić information content (AvgIpc) is 2.33. The molecule has 20 heavy (non-hydrogen) atoms. The predicted molar refractivity (Wildman–Crippen MR) is 71.7 cm³/mol. The standard InChI is InChI=1S/C13H18F3NO2S/c1-5-17-12(13(2,3)20(4,18)19)8-6-7-9(14)11(16)10(8)15/h6-7,12,17H,5H2,1-4H3. The van der Waals surface area contributed by atoms with E-state index in [9.17, 15) is 21.6 Å². The van der Waals surface area contributed by atoms with Crippen LogP contribution in [0.2, 0.25) is 0 Å². The summed E-state index contributed by atoms with van der Waals surface area (Å²) in [6.45, 7) is 4.89. The van der Waals surface area contributed by atoms with Gasteiger partial charge in [0.25, 0.3) is 0 Å². The van der Waals surface area contributed by atoms with Gasteiger partial charge in [-0.25, -0.2) is 21.6 Å². The Bertz CT molecular complexity index is 600. The zero-order chi connectivity index (χ0) is 15.7. The molecule has 1 aromatic rings.